The second-order valence-electron chi connectivity index (χ2n) is 6.82. The maximum atomic E-state index is 12.4. The van der Waals surface area contributed by atoms with E-state index >= 15 is 0 Å². The third kappa shape index (κ3) is 4.68. The molecule has 0 spiro atoms. The van der Waals surface area contributed by atoms with Crippen LogP contribution in [0.3, 0.4) is 0 Å². The number of pyridine rings is 1. The van der Waals surface area contributed by atoms with Gasteiger partial charge in [0.25, 0.3) is 11.5 Å². The van der Waals surface area contributed by atoms with Crippen LogP contribution in [-0.2, 0) is 6.54 Å². The van der Waals surface area contributed by atoms with Gasteiger partial charge in [0, 0.05) is 23.4 Å². The SMILES string of the molecule is Cc1cc(C)c(CNC(=O)c2ccc(C(C)Oc3ccccc3)cc2)c(=O)[nH]1. The Labute approximate surface area is 164 Å². The van der Waals surface area contributed by atoms with Gasteiger partial charge in [-0.25, -0.2) is 0 Å². The fraction of sp³-hybridized carbons (Fsp3) is 0.217. The number of benzene rings is 2. The van der Waals surface area contributed by atoms with E-state index in [1.165, 1.54) is 0 Å². The van der Waals surface area contributed by atoms with Crippen molar-refractivity contribution in [3.05, 3.63) is 99.0 Å². The molecule has 1 unspecified atom stereocenters. The minimum Gasteiger partial charge on any atom is -0.486 e. The first kappa shape index (κ1) is 19.4. The Morgan fingerprint density at radius 2 is 1.75 bits per heavy atom. The summed E-state index contributed by atoms with van der Waals surface area (Å²) < 4.78 is 5.90. The molecule has 0 saturated heterocycles. The Balaban J connectivity index is 1.63. The zero-order chi connectivity index (χ0) is 20.1. The lowest BCUT2D eigenvalue weighted by Gasteiger charge is -2.15. The summed E-state index contributed by atoms with van der Waals surface area (Å²) in [7, 11) is 0. The van der Waals surface area contributed by atoms with Crippen molar-refractivity contribution < 1.29 is 9.53 Å². The lowest BCUT2D eigenvalue weighted by molar-refractivity contribution is 0.0950. The molecule has 3 rings (SSSR count). The third-order valence-electron chi connectivity index (χ3n) is 4.62. The van der Waals surface area contributed by atoms with Crippen LogP contribution in [0.2, 0.25) is 0 Å². The van der Waals surface area contributed by atoms with Crippen LogP contribution in [0.15, 0.2) is 65.5 Å². The smallest absolute Gasteiger partial charge is 0.253 e. The normalized spacial score (nSPS) is 11.7. The number of aryl methyl sites for hydroxylation is 2. The van der Waals surface area contributed by atoms with Crippen LogP contribution in [0.1, 0.15) is 45.8 Å². The molecule has 0 fully saturated rings. The van der Waals surface area contributed by atoms with Crippen LogP contribution in [0.5, 0.6) is 5.75 Å². The van der Waals surface area contributed by atoms with E-state index in [-0.39, 0.29) is 24.1 Å². The van der Waals surface area contributed by atoms with Crippen LogP contribution in [0.4, 0.5) is 0 Å². The molecule has 0 aliphatic heterocycles. The van der Waals surface area contributed by atoms with Gasteiger partial charge in [-0.15, -0.1) is 0 Å². The number of para-hydroxylation sites is 1. The first-order valence-corrected chi connectivity index (χ1v) is 9.23. The summed E-state index contributed by atoms with van der Waals surface area (Å²) in [5.41, 5.74) is 3.59. The minimum atomic E-state index is -0.220. The number of nitrogens with one attached hydrogen (secondary N) is 2. The Bertz CT molecular complexity index is 1010. The molecule has 1 amide bonds. The van der Waals surface area contributed by atoms with Gasteiger partial charge in [0.1, 0.15) is 11.9 Å². The highest BCUT2D eigenvalue weighted by atomic mass is 16.5. The second kappa shape index (κ2) is 8.57. The predicted molar refractivity (Wildman–Crippen MR) is 110 cm³/mol. The van der Waals surface area contributed by atoms with Crippen LogP contribution in [-0.4, -0.2) is 10.9 Å². The van der Waals surface area contributed by atoms with E-state index in [1.807, 2.05) is 69.3 Å². The minimum absolute atomic E-state index is 0.131. The molecule has 0 saturated carbocycles. The summed E-state index contributed by atoms with van der Waals surface area (Å²) >= 11 is 0. The van der Waals surface area contributed by atoms with Gasteiger partial charge in [0.2, 0.25) is 0 Å². The van der Waals surface area contributed by atoms with Crippen LogP contribution in [0, 0.1) is 13.8 Å². The molecular weight excluding hydrogens is 352 g/mol. The first-order valence-electron chi connectivity index (χ1n) is 9.23. The van der Waals surface area contributed by atoms with Crippen molar-refractivity contribution in [1.29, 1.82) is 0 Å². The van der Waals surface area contributed by atoms with Crippen molar-refractivity contribution in [2.24, 2.45) is 0 Å². The average Bonchev–Trinajstić information content (AvgIpc) is 2.68. The number of carbonyl (C=O) groups is 1. The number of rotatable bonds is 6. The van der Waals surface area contributed by atoms with E-state index in [4.69, 9.17) is 4.74 Å². The van der Waals surface area contributed by atoms with Crippen molar-refractivity contribution >= 4 is 5.91 Å². The third-order valence-corrected chi connectivity index (χ3v) is 4.62. The fourth-order valence-electron chi connectivity index (χ4n) is 3.05. The van der Waals surface area contributed by atoms with E-state index < -0.39 is 0 Å². The molecule has 0 radical (unpaired) electrons. The standard InChI is InChI=1S/C23H24N2O3/c1-15-13-16(2)25-23(27)21(15)14-24-22(26)19-11-9-18(10-12-19)17(3)28-20-7-5-4-6-8-20/h4-13,17H,14H2,1-3H3,(H,24,26)(H,25,27). The van der Waals surface area contributed by atoms with Gasteiger partial charge in [-0.2, -0.15) is 0 Å². The van der Waals surface area contributed by atoms with Crippen molar-refractivity contribution in [3.63, 3.8) is 0 Å². The Hall–Kier alpha value is -3.34. The molecule has 0 aliphatic carbocycles. The lowest BCUT2D eigenvalue weighted by Crippen LogP contribution is -2.27. The Morgan fingerprint density at radius 3 is 2.39 bits per heavy atom. The van der Waals surface area contributed by atoms with Gasteiger partial charge >= 0.3 is 0 Å². The number of H-pyrrole nitrogens is 1. The summed E-state index contributed by atoms with van der Waals surface area (Å²) in [6.07, 6.45) is -0.131. The van der Waals surface area contributed by atoms with Crippen molar-refractivity contribution in [2.45, 2.75) is 33.4 Å². The highest BCUT2D eigenvalue weighted by molar-refractivity contribution is 5.94. The summed E-state index contributed by atoms with van der Waals surface area (Å²) in [5, 5.41) is 2.81. The first-order chi connectivity index (χ1) is 13.4. The summed E-state index contributed by atoms with van der Waals surface area (Å²) in [5.74, 6) is 0.582. The summed E-state index contributed by atoms with van der Waals surface area (Å²) in [4.78, 5) is 27.2. The predicted octanol–water partition coefficient (Wildman–Crippen LogP) is 4.06. The molecule has 144 valence electrons. The number of hydrogen-bond donors (Lipinski definition) is 2. The topological polar surface area (TPSA) is 71.2 Å². The molecular formula is C23H24N2O3. The molecule has 1 heterocycles. The highest BCUT2D eigenvalue weighted by Gasteiger charge is 2.11. The van der Waals surface area contributed by atoms with E-state index in [0.29, 0.717) is 11.1 Å². The molecule has 5 heteroatoms. The number of aromatic nitrogens is 1. The summed E-state index contributed by atoms with van der Waals surface area (Å²) in [6, 6.07) is 18.8. The van der Waals surface area contributed by atoms with Crippen LogP contribution in [0.25, 0.3) is 0 Å². The molecule has 0 aliphatic rings. The van der Waals surface area contributed by atoms with E-state index in [9.17, 15) is 9.59 Å². The number of ether oxygens (including phenoxy) is 1. The quantitative estimate of drug-likeness (QED) is 0.681. The van der Waals surface area contributed by atoms with Crippen molar-refractivity contribution in [3.8, 4) is 5.75 Å². The molecule has 3 aromatic rings. The van der Waals surface area contributed by atoms with Crippen molar-refractivity contribution in [1.82, 2.24) is 10.3 Å². The highest BCUT2D eigenvalue weighted by Crippen LogP contribution is 2.21. The molecule has 2 N–H and O–H groups in total. The average molecular weight is 376 g/mol. The zero-order valence-electron chi connectivity index (χ0n) is 16.3. The largest absolute Gasteiger partial charge is 0.486 e. The van der Waals surface area contributed by atoms with Crippen LogP contribution < -0.4 is 15.6 Å². The Kier molecular flexibility index (Phi) is 5.94. The number of carbonyl (C=O) groups excluding carboxylic acids is 1. The maximum absolute atomic E-state index is 12.4. The number of hydrogen-bond acceptors (Lipinski definition) is 3. The molecule has 2 aromatic carbocycles. The summed E-state index contributed by atoms with van der Waals surface area (Å²) in [6.45, 7) is 5.86. The fourth-order valence-corrected chi connectivity index (χ4v) is 3.05. The van der Waals surface area contributed by atoms with Gasteiger partial charge in [-0.3, -0.25) is 9.59 Å². The molecule has 1 aromatic heterocycles. The van der Waals surface area contributed by atoms with Gasteiger partial charge in [0.15, 0.2) is 0 Å². The van der Waals surface area contributed by atoms with Gasteiger partial charge < -0.3 is 15.0 Å². The maximum Gasteiger partial charge on any atom is 0.253 e. The van der Waals surface area contributed by atoms with E-state index in [2.05, 4.69) is 10.3 Å². The zero-order valence-corrected chi connectivity index (χ0v) is 16.3. The number of amides is 1. The molecule has 28 heavy (non-hydrogen) atoms. The van der Waals surface area contributed by atoms with Crippen molar-refractivity contribution in [2.75, 3.05) is 0 Å². The van der Waals surface area contributed by atoms with Gasteiger partial charge in [-0.05, 0) is 62.2 Å². The van der Waals surface area contributed by atoms with E-state index in [0.717, 1.165) is 22.6 Å². The van der Waals surface area contributed by atoms with Crippen LogP contribution >= 0.6 is 0 Å². The monoisotopic (exact) mass is 376 g/mol. The molecule has 0 bridgehead atoms. The van der Waals surface area contributed by atoms with Gasteiger partial charge in [0.05, 0.1) is 0 Å². The lowest BCUT2D eigenvalue weighted by atomic mass is 10.1. The van der Waals surface area contributed by atoms with Gasteiger partial charge in [-0.1, -0.05) is 30.3 Å². The van der Waals surface area contributed by atoms with E-state index in [1.54, 1.807) is 12.1 Å². The number of aromatic amines is 1. The Morgan fingerprint density at radius 1 is 1.07 bits per heavy atom. The molecule has 5 nitrogen and oxygen atoms in total. The molecule has 1 atom stereocenters. The second-order valence-corrected chi connectivity index (χ2v) is 6.82.